The number of ether oxygens (including phenoxy) is 1. The first-order valence-electron chi connectivity index (χ1n) is 14.6. The van der Waals surface area contributed by atoms with Gasteiger partial charge in [0.25, 0.3) is 0 Å². The van der Waals surface area contributed by atoms with E-state index in [1.807, 2.05) is 0 Å². The van der Waals surface area contributed by atoms with E-state index in [1.165, 1.54) is 39.0 Å². The molecule has 0 amide bonds. The Hall–Kier alpha value is -0.830. The lowest BCUT2D eigenvalue weighted by Gasteiger charge is -2.74. The summed E-state index contributed by atoms with van der Waals surface area (Å²) < 4.78 is 5.85. The molecule has 0 aliphatic heterocycles. The molecule has 35 heavy (non-hydrogen) atoms. The fourth-order valence-corrected chi connectivity index (χ4v) is 11.8. The van der Waals surface area contributed by atoms with Crippen LogP contribution in [0.2, 0.25) is 0 Å². The third-order valence-corrected chi connectivity index (χ3v) is 13.7. The first kappa shape index (κ1) is 25.8. The first-order valence-corrected chi connectivity index (χ1v) is 14.6. The summed E-state index contributed by atoms with van der Waals surface area (Å²) in [5, 5.41) is 12.0. The van der Waals surface area contributed by atoms with Gasteiger partial charge in [0.15, 0.2) is 0 Å². The van der Waals surface area contributed by atoms with E-state index in [-0.39, 0.29) is 45.8 Å². The molecular formula is C32H52O3. The van der Waals surface area contributed by atoms with Gasteiger partial charge in [-0.1, -0.05) is 60.1 Å². The number of fused-ring (bicyclic) bond motifs is 7. The summed E-state index contributed by atoms with van der Waals surface area (Å²) in [5.74, 6) is 2.74. The van der Waals surface area contributed by atoms with Crippen molar-refractivity contribution in [3.05, 3.63) is 11.6 Å². The molecule has 0 spiro atoms. The van der Waals surface area contributed by atoms with Gasteiger partial charge in [0.2, 0.25) is 0 Å². The van der Waals surface area contributed by atoms with Gasteiger partial charge >= 0.3 is 5.97 Å². The van der Waals surface area contributed by atoms with Gasteiger partial charge < -0.3 is 9.84 Å². The summed E-state index contributed by atoms with van der Waals surface area (Å²) in [5.41, 5.74) is 2.29. The molecule has 0 aromatic carbocycles. The lowest BCUT2D eigenvalue weighted by Crippen LogP contribution is -2.70. The number of carbonyl (C=O) groups excluding carboxylic acids is 1. The predicted octanol–water partition coefficient (Wildman–Crippen LogP) is 7.57. The van der Waals surface area contributed by atoms with Crippen molar-refractivity contribution in [2.75, 3.05) is 0 Å². The van der Waals surface area contributed by atoms with Crippen LogP contribution in [-0.2, 0) is 9.53 Å². The summed E-state index contributed by atoms with van der Waals surface area (Å²) in [4.78, 5) is 11.9. The minimum Gasteiger partial charge on any atom is -0.462 e. The van der Waals surface area contributed by atoms with Gasteiger partial charge in [0, 0.05) is 12.3 Å². The maximum absolute atomic E-state index is 12.0. The van der Waals surface area contributed by atoms with Crippen molar-refractivity contribution in [2.45, 2.75) is 126 Å². The van der Waals surface area contributed by atoms with Gasteiger partial charge in [-0.25, -0.2) is 0 Å². The Morgan fingerprint density at radius 3 is 2.34 bits per heavy atom. The van der Waals surface area contributed by atoms with Crippen LogP contribution in [0.4, 0.5) is 0 Å². The zero-order valence-corrected chi connectivity index (χ0v) is 24.0. The molecule has 0 heterocycles. The molecule has 4 saturated carbocycles. The second kappa shape index (κ2) is 7.84. The summed E-state index contributed by atoms with van der Waals surface area (Å²) in [6, 6.07) is 0. The molecule has 3 nitrogen and oxygen atoms in total. The summed E-state index contributed by atoms with van der Waals surface area (Å²) in [6.45, 7) is 21.2. The molecule has 0 radical (unpaired) electrons. The summed E-state index contributed by atoms with van der Waals surface area (Å²) in [7, 11) is 0. The standard InChI is InChI=1S/C32H52O3/c1-19-12-14-29(6)16-17-31(8)22(26(29)20(19)2)10-11-24-30(7)15-13-25(35-21(3)33)28(4,5)27(30)23(34)18-32(24,31)9/h12,20,22-27,34H,10-11,13-18H2,1-9H3/t20-,22+,23-,24-,25-,26-,27-,29-,30-,31-,32-/m1/s1. The Balaban J connectivity index is 1.54. The van der Waals surface area contributed by atoms with Gasteiger partial charge in [-0.2, -0.15) is 0 Å². The van der Waals surface area contributed by atoms with E-state index >= 15 is 0 Å². The average molecular weight is 485 g/mol. The molecule has 5 aliphatic rings. The summed E-state index contributed by atoms with van der Waals surface area (Å²) in [6.07, 6.45) is 11.4. The number of carbonyl (C=O) groups is 1. The molecule has 0 aromatic heterocycles. The van der Waals surface area contributed by atoms with Crippen molar-refractivity contribution in [2.24, 2.45) is 56.7 Å². The van der Waals surface area contributed by atoms with Crippen molar-refractivity contribution >= 4 is 5.97 Å². The maximum atomic E-state index is 12.0. The number of allylic oxidation sites excluding steroid dienone is 2. The minimum atomic E-state index is -0.344. The fraction of sp³-hybridized carbons (Fsp3) is 0.906. The highest BCUT2D eigenvalue weighted by atomic mass is 16.5. The lowest BCUT2D eigenvalue weighted by atomic mass is 9.31. The Morgan fingerprint density at radius 2 is 1.69 bits per heavy atom. The van der Waals surface area contributed by atoms with Crippen molar-refractivity contribution in [1.29, 1.82) is 0 Å². The van der Waals surface area contributed by atoms with Crippen molar-refractivity contribution in [3.63, 3.8) is 0 Å². The van der Waals surface area contributed by atoms with E-state index in [9.17, 15) is 9.90 Å². The van der Waals surface area contributed by atoms with Crippen molar-refractivity contribution in [1.82, 2.24) is 0 Å². The van der Waals surface area contributed by atoms with E-state index in [1.54, 1.807) is 5.57 Å². The molecule has 0 aromatic rings. The number of rotatable bonds is 1. The molecule has 3 heteroatoms. The SMILES string of the molecule is CC(=O)O[C@@H]1CC[C@@]2(C)[C@H]([C@H](O)C[C@]3(C)[C@@H]2CC[C@H]2[C@H]4[C@H](C)C(C)=CC[C@]4(C)CC[C@]23C)C1(C)C. The molecule has 198 valence electrons. The zero-order valence-electron chi connectivity index (χ0n) is 24.0. The van der Waals surface area contributed by atoms with Gasteiger partial charge in [0.1, 0.15) is 6.10 Å². The average Bonchev–Trinajstić information content (AvgIpc) is 2.74. The van der Waals surface area contributed by atoms with Crippen molar-refractivity contribution < 1.29 is 14.6 Å². The van der Waals surface area contributed by atoms with Crippen LogP contribution < -0.4 is 0 Å². The maximum Gasteiger partial charge on any atom is 0.302 e. The van der Waals surface area contributed by atoms with Gasteiger partial charge in [0.05, 0.1) is 6.10 Å². The molecule has 4 fully saturated rings. The molecule has 1 N–H and O–H groups in total. The van der Waals surface area contributed by atoms with Crippen LogP contribution in [0.25, 0.3) is 0 Å². The summed E-state index contributed by atoms with van der Waals surface area (Å²) >= 11 is 0. The van der Waals surface area contributed by atoms with Crippen molar-refractivity contribution in [3.8, 4) is 0 Å². The highest BCUT2D eigenvalue weighted by Gasteiger charge is 2.71. The normalized spacial score (nSPS) is 54.9. The Bertz CT molecular complexity index is 920. The molecule has 5 rings (SSSR count). The Morgan fingerprint density at radius 1 is 1.00 bits per heavy atom. The second-order valence-electron chi connectivity index (χ2n) is 15.4. The lowest BCUT2D eigenvalue weighted by molar-refractivity contribution is -0.278. The predicted molar refractivity (Wildman–Crippen MR) is 142 cm³/mol. The highest BCUT2D eigenvalue weighted by Crippen LogP contribution is 2.76. The van der Waals surface area contributed by atoms with Gasteiger partial charge in [-0.3, -0.25) is 4.79 Å². The Labute approximate surface area is 214 Å². The van der Waals surface area contributed by atoms with E-state index in [0.717, 1.165) is 31.1 Å². The van der Waals surface area contributed by atoms with Crippen LogP contribution in [-0.4, -0.2) is 23.3 Å². The van der Waals surface area contributed by atoms with Crippen LogP contribution in [0.5, 0.6) is 0 Å². The van der Waals surface area contributed by atoms with E-state index in [4.69, 9.17) is 4.74 Å². The van der Waals surface area contributed by atoms with Crippen LogP contribution in [0.1, 0.15) is 114 Å². The first-order chi connectivity index (χ1) is 16.1. The smallest absolute Gasteiger partial charge is 0.302 e. The third-order valence-electron chi connectivity index (χ3n) is 13.7. The van der Waals surface area contributed by atoms with Crippen LogP contribution in [0.15, 0.2) is 11.6 Å². The quantitative estimate of drug-likeness (QED) is 0.308. The molecule has 0 unspecified atom stereocenters. The molecule has 11 atom stereocenters. The number of hydrogen-bond donors (Lipinski definition) is 1. The number of esters is 1. The largest absolute Gasteiger partial charge is 0.462 e. The second-order valence-corrected chi connectivity index (χ2v) is 15.4. The van der Waals surface area contributed by atoms with Crippen LogP contribution in [0.3, 0.4) is 0 Å². The molecule has 5 aliphatic carbocycles. The van der Waals surface area contributed by atoms with E-state index in [0.29, 0.717) is 17.3 Å². The minimum absolute atomic E-state index is 0.0787. The number of aliphatic hydroxyl groups excluding tert-OH is 1. The van der Waals surface area contributed by atoms with Gasteiger partial charge in [-0.05, 0) is 110 Å². The van der Waals surface area contributed by atoms with Gasteiger partial charge in [-0.15, -0.1) is 0 Å². The fourth-order valence-electron chi connectivity index (χ4n) is 11.8. The number of hydrogen-bond acceptors (Lipinski definition) is 3. The molecular weight excluding hydrogens is 432 g/mol. The molecule has 0 saturated heterocycles. The van der Waals surface area contributed by atoms with E-state index in [2.05, 4.69) is 61.5 Å². The highest BCUT2D eigenvalue weighted by molar-refractivity contribution is 5.66. The van der Waals surface area contributed by atoms with Crippen LogP contribution in [0, 0.1) is 56.7 Å². The third kappa shape index (κ3) is 3.28. The Kier molecular flexibility index (Phi) is 5.78. The number of aliphatic hydroxyl groups is 1. The van der Waals surface area contributed by atoms with E-state index < -0.39 is 0 Å². The monoisotopic (exact) mass is 484 g/mol. The molecule has 0 bridgehead atoms. The zero-order chi connectivity index (χ0) is 25.8. The topological polar surface area (TPSA) is 46.5 Å². The van der Waals surface area contributed by atoms with Crippen LogP contribution >= 0.6 is 0 Å².